The number of carbonyl (C=O) groups excluding carboxylic acids is 1. The monoisotopic (exact) mass is 214 g/mol. The fourth-order valence-corrected chi connectivity index (χ4v) is 2.08. The summed E-state index contributed by atoms with van der Waals surface area (Å²) < 4.78 is 5.68. The molecule has 0 heterocycles. The van der Waals surface area contributed by atoms with Crippen molar-refractivity contribution in [3.8, 4) is 0 Å². The van der Waals surface area contributed by atoms with Crippen LogP contribution in [0.5, 0.6) is 0 Å². The van der Waals surface area contributed by atoms with E-state index in [2.05, 4.69) is 5.32 Å². The minimum absolute atomic E-state index is 0.0693. The Bertz CT molecular complexity index is 197. The fourth-order valence-electron chi connectivity index (χ4n) is 2.08. The van der Waals surface area contributed by atoms with E-state index < -0.39 is 0 Å². The molecule has 0 saturated heterocycles. The van der Waals surface area contributed by atoms with Crippen LogP contribution in [-0.4, -0.2) is 31.7 Å². The second kappa shape index (κ2) is 6.80. The van der Waals surface area contributed by atoms with Crippen molar-refractivity contribution in [2.75, 3.05) is 19.7 Å². The lowest BCUT2D eigenvalue weighted by Crippen LogP contribution is -2.28. The highest BCUT2D eigenvalue weighted by Gasteiger charge is 2.26. The summed E-state index contributed by atoms with van der Waals surface area (Å²) in [5.41, 5.74) is 5.64. The number of hydrogen-bond donors (Lipinski definition) is 2. The van der Waals surface area contributed by atoms with Crippen LogP contribution < -0.4 is 11.1 Å². The highest BCUT2D eigenvalue weighted by Crippen LogP contribution is 2.27. The second-order valence-electron chi connectivity index (χ2n) is 4.04. The van der Waals surface area contributed by atoms with Gasteiger partial charge in [0.05, 0.1) is 12.7 Å². The fraction of sp³-hybridized carbons (Fsp3) is 0.909. The standard InChI is InChI=1S/C11H22N2O2/c1-2-13-11(14)6-7-15-10-5-3-4-9(10)8-12/h9-10H,2-8,12H2,1H3,(H,13,14). The third-order valence-corrected chi connectivity index (χ3v) is 2.93. The number of amides is 1. The van der Waals surface area contributed by atoms with Crippen LogP contribution >= 0.6 is 0 Å². The smallest absolute Gasteiger partial charge is 0.222 e. The predicted octanol–water partition coefficient (Wildman–Crippen LogP) is 0.657. The van der Waals surface area contributed by atoms with Crippen molar-refractivity contribution in [1.29, 1.82) is 0 Å². The zero-order valence-electron chi connectivity index (χ0n) is 9.50. The molecule has 1 aliphatic carbocycles. The molecule has 15 heavy (non-hydrogen) atoms. The van der Waals surface area contributed by atoms with Crippen LogP contribution in [0, 0.1) is 5.92 Å². The molecule has 1 aliphatic rings. The molecule has 0 radical (unpaired) electrons. The zero-order chi connectivity index (χ0) is 11.1. The first-order chi connectivity index (χ1) is 7.27. The van der Waals surface area contributed by atoms with Gasteiger partial charge >= 0.3 is 0 Å². The summed E-state index contributed by atoms with van der Waals surface area (Å²) >= 11 is 0. The van der Waals surface area contributed by atoms with Gasteiger partial charge in [0.2, 0.25) is 5.91 Å². The molecule has 1 rings (SSSR count). The van der Waals surface area contributed by atoms with Gasteiger partial charge in [-0.1, -0.05) is 6.42 Å². The van der Waals surface area contributed by atoms with Crippen molar-refractivity contribution in [3.05, 3.63) is 0 Å². The van der Waals surface area contributed by atoms with Crippen molar-refractivity contribution < 1.29 is 9.53 Å². The van der Waals surface area contributed by atoms with Crippen LogP contribution in [-0.2, 0) is 9.53 Å². The molecule has 0 aromatic carbocycles. The van der Waals surface area contributed by atoms with E-state index in [-0.39, 0.29) is 12.0 Å². The minimum atomic E-state index is 0.0693. The third-order valence-electron chi connectivity index (χ3n) is 2.93. The summed E-state index contributed by atoms with van der Waals surface area (Å²) in [5, 5.41) is 2.75. The van der Waals surface area contributed by atoms with Gasteiger partial charge in [0.1, 0.15) is 0 Å². The van der Waals surface area contributed by atoms with E-state index in [0.717, 1.165) is 6.42 Å². The Balaban J connectivity index is 2.11. The molecule has 88 valence electrons. The summed E-state index contributed by atoms with van der Waals surface area (Å²) in [5.74, 6) is 0.569. The molecule has 2 unspecified atom stereocenters. The van der Waals surface area contributed by atoms with Crippen molar-refractivity contribution >= 4 is 5.91 Å². The molecule has 0 aromatic rings. The van der Waals surface area contributed by atoms with Gasteiger partial charge in [-0.2, -0.15) is 0 Å². The van der Waals surface area contributed by atoms with Gasteiger partial charge < -0.3 is 15.8 Å². The Morgan fingerprint density at radius 2 is 2.33 bits per heavy atom. The summed E-state index contributed by atoms with van der Waals surface area (Å²) in [6.07, 6.45) is 4.21. The van der Waals surface area contributed by atoms with Gasteiger partial charge in [0, 0.05) is 13.0 Å². The van der Waals surface area contributed by atoms with Crippen molar-refractivity contribution in [2.24, 2.45) is 11.7 Å². The van der Waals surface area contributed by atoms with Gasteiger partial charge in [-0.3, -0.25) is 4.79 Å². The predicted molar refractivity (Wildman–Crippen MR) is 59.4 cm³/mol. The maximum absolute atomic E-state index is 11.2. The first-order valence-electron chi connectivity index (χ1n) is 5.86. The number of carbonyl (C=O) groups is 1. The van der Waals surface area contributed by atoms with E-state index in [4.69, 9.17) is 10.5 Å². The van der Waals surface area contributed by atoms with Crippen molar-refractivity contribution in [3.63, 3.8) is 0 Å². The van der Waals surface area contributed by atoms with Crippen LogP contribution in [0.15, 0.2) is 0 Å². The van der Waals surface area contributed by atoms with E-state index in [0.29, 0.717) is 32.0 Å². The van der Waals surface area contributed by atoms with Crippen LogP contribution in [0.2, 0.25) is 0 Å². The van der Waals surface area contributed by atoms with Crippen molar-refractivity contribution in [2.45, 2.75) is 38.7 Å². The number of ether oxygens (including phenoxy) is 1. The molecule has 2 atom stereocenters. The maximum Gasteiger partial charge on any atom is 0.222 e. The highest BCUT2D eigenvalue weighted by atomic mass is 16.5. The number of hydrogen-bond acceptors (Lipinski definition) is 3. The molecule has 1 amide bonds. The third kappa shape index (κ3) is 4.18. The number of nitrogens with two attached hydrogens (primary N) is 1. The molecule has 3 N–H and O–H groups in total. The summed E-state index contributed by atoms with van der Waals surface area (Å²) in [7, 11) is 0. The van der Waals surface area contributed by atoms with Crippen LogP contribution in [0.1, 0.15) is 32.6 Å². The average Bonchev–Trinajstić information content (AvgIpc) is 2.66. The minimum Gasteiger partial charge on any atom is -0.377 e. The van der Waals surface area contributed by atoms with Gasteiger partial charge in [0.15, 0.2) is 0 Å². The molecule has 0 aliphatic heterocycles. The first-order valence-corrected chi connectivity index (χ1v) is 5.86. The van der Waals surface area contributed by atoms with E-state index in [1.807, 2.05) is 6.92 Å². The summed E-state index contributed by atoms with van der Waals surface area (Å²) in [4.78, 5) is 11.2. The Morgan fingerprint density at radius 3 is 3.00 bits per heavy atom. The Labute approximate surface area is 91.5 Å². The average molecular weight is 214 g/mol. The SMILES string of the molecule is CCNC(=O)CCOC1CCCC1CN. The topological polar surface area (TPSA) is 64.3 Å². The lowest BCUT2D eigenvalue weighted by Gasteiger charge is -2.18. The maximum atomic E-state index is 11.2. The molecule has 1 saturated carbocycles. The molecule has 0 aromatic heterocycles. The van der Waals surface area contributed by atoms with Crippen LogP contribution in [0.3, 0.4) is 0 Å². The first kappa shape index (κ1) is 12.5. The molecule has 0 bridgehead atoms. The van der Waals surface area contributed by atoms with Gasteiger partial charge in [0.25, 0.3) is 0 Å². The Morgan fingerprint density at radius 1 is 1.53 bits per heavy atom. The highest BCUT2D eigenvalue weighted by molar-refractivity contribution is 5.75. The lowest BCUT2D eigenvalue weighted by molar-refractivity contribution is -0.122. The Hall–Kier alpha value is -0.610. The number of nitrogens with one attached hydrogen (secondary N) is 1. The van der Waals surface area contributed by atoms with Gasteiger partial charge in [-0.15, -0.1) is 0 Å². The summed E-state index contributed by atoms with van der Waals surface area (Å²) in [6, 6.07) is 0. The molecule has 4 heteroatoms. The lowest BCUT2D eigenvalue weighted by atomic mass is 10.1. The molecule has 0 spiro atoms. The van der Waals surface area contributed by atoms with Gasteiger partial charge in [-0.05, 0) is 32.2 Å². The van der Waals surface area contributed by atoms with Crippen molar-refractivity contribution in [1.82, 2.24) is 5.32 Å². The van der Waals surface area contributed by atoms with Crippen LogP contribution in [0.25, 0.3) is 0 Å². The largest absolute Gasteiger partial charge is 0.377 e. The molecule has 1 fully saturated rings. The molecular weight excluding hydrogens is 192 g/mol. The van der Waals surface area contributed by atoms with E-state index >= 15 is 0 Å². The normalized spacial score (nSPS) is 25.5. The van der Waals surface area contributed by atoms with Crippen LogP contribution in [0.4, 0.5) is 0 Å². The second-order valence-corrected chi connectivity index (χ2v) is 4.04. The molecular formula is C11H22N2O2. The molecule has 4 nitrogen and oxygen atoms in total. The summed E-state index contributed by atoms with van der Waals surface area (Å²) in [6.45, 7) is 3.83. The van der Waals surface area contributed by atoms with E-state index in [9.17, 15) is 4.79 Å². The number of rotatable bonds is 6. The Kier molecular flexibility index (Phi) is 5.65. The van der Waals surface area contributed by atoms with Gasteiger partial charge in [-0.25, -0.2) is 0 Å². The quantitative estimate of drug-likeness (QED) is 0.682. The van der Waals surface area contributed by atoms with E-state index in [1.165, 1.54) is 12.8 Å². The van der Waals surface area contributed by atoms with E-state index in [1.54, 1.807) is 0 Å². The zero-order valence-corrected chi connectivity index (χ0v) is 9.50.